The summed E-state index contributed by atoms with van der Waals surface area (Å²) in [4.78, 5) is 35.2. The van der Waals surface area contributed by atoms with E-state index in [2.05, 4.69) is 18.0 Å². The minimum atomic E-state index is -1.56. The molecule has 3 aromatic rings. The summed E-state index contributed by atoms with van der Waals surface area (Å²) in [5.41, 5.74) is 3.24. The Bertz CT molecular complexity index is 2100. The van der Waals surface area contributed by atoms with Crippen LogP contribution < -0.4 is 24.3 Å². The first-order valence-electron chi connectivity index (χ1n) is 21.7. The van der Waals surface area contributed by atoms with Crippen molar-refractivity contribution in [2.45, 2.75) is 83.1 Å². The molecule has 1 heterocycles. The lowest BCUT2D eigenvalue weighted by atomic mass is 9.55. The highest BCUT2D eigenvalue weighted by atomic mass is 19.1. The number of methoxy groups -OCH3 is 2. The maximum Gasteiger partial charge on any atom is 0.417 e. The summed E-state index contributed by atoms with van der Waals surface area (Å²) in [5.74, 6) is -1.41. The fourth-order valence-electron chi connectivity index (χ4n) is 9.29. The summed E-state index contributed by atoms with van der Waals surface area (Å²) in [5, 5.41) is 27.3. The smallest absolute Gasteiger partial charge is 0.417 e. The summed E-state index contributed by atoms with van der Waals surface area (Å²) in [6.07, 6.45) is 6.78. The third kappa shape index (κ3) is 10.6. The van der Waals surface area contributed by atoms with Crippen molar-refractivity contribution < 1.29 is 57.5 Å². The molecule has 1 saturated carbocycles. The Morgan fingerprint density at radius 3 is 2.40 bits per heavy atom. The average Bonchev–Trinajstić information content (AvgIpc) is 3.29. The number of amides is 2. The monoisotopic (exact) mass is 873 g/mol. The highest BCUT2D eigenvalue weighted by Crippen LogP contribution is 2.62. The van der Waals surface area contributed by atoms with E-state index in [9.17, 15) is 24.2 Å². The molecule has 2 amide bonds. The van der Waals surface area contributed by atoms with E-state index in [1.165, 1.54) is 26.4 Å². The minimum Gasteiger partial charge on any atom is -0.497 e. The minimum absolute atomic E-state index is 0.0197. The van der Waals surface area contributed by atoms with Gasteiger partial charge in [-0.2, -0.15) is 0 Å². The largest absolute Gasteiger partial charge is 0.497 e. The molecule has 0 spiro atoms. The van der Waals surface area contributed by atoms with Crippen LogP contribution in [-0.4, -0.2) is 92.1 Å². The first-order chi connectivity index (χ1) is 30.6. The van der Waals surface area contributed by atoms with Gasteiger partial charge in [0.05, 0.1) is 44.8 Å². The van der Waals surface area contributed by atoms with Crippen LogP contribution in [0.1, 0.15) is 75.8 Å². The van der Waals surface area contributed by atoms with Crippen LogP contribution in [-0.2, 0) is 20.9 Å². The van der Waals surface area contributed by atoms with Crippen molar-refractivity contribution in [2.75, 3.05) is 52.6 Å². The predicted molar refractivity (Wildman–Crippen MR) is 235 cm³/mol. The Morgan fingerprint density at radius 1 is 0.968 bits per heavy atom. The Hall–Kier alpha value is -5.64. The van der Waals surface area contributed by atoms with Crippen molar-refractivity contribution in [2.24, 2.45) is 22.9 Å². The maximum absolute atomic E-state index is 14.3. The van der Waals surface area contributed by atoms with Crippen LogP contribution in [0.5, 0.6) is 23.0 Å². The van der Waals surface area contributed by atoms with Gasteiger partial charge in [-0.25, -0.2) is 14.0 Å². The number of hydrogen-bond acceptors (Lipinski definition) is 12. The number of halogens is 1. The summed E-state index contributed by atoms with van der Waals surface area (Å²) < 4.78 is 50.9. The standard InChI is InChI=1S/C48H60FN3O11/c1-6-25-60-48-43(52(47(56)59-7-2)30-31-15-17-33(49)18-16-31)29-40(51-61-8-3)37-26-32(13-9-11-23-53)36(14-10-12-24-54)44(45(37)48)38-27-35(20-22-41(38)63-48)62-46(55)50-39-21-19-34(57-4)28-42(39)58-5/h6,15-22,26-28,32,36,43-45,53-54H,1,7-14,23-25,29-30H2,2-5H3,(H,50,55)/t32-,36+,43-,44+,45+,48+/m0/s1. The maximum atomic E-state index is 14.3. The number of fused-ring (bicyclic) bond motifs is 2. The van der Waals surface area contributed by atoms with E-state index < -0.39 is 35.8 Å². The number of nitrogens with zero attached hydrogens (tertiary/aromatic N) is 2. The lowest BCUT2D eigenvalue weighted by molar-refractivity contribution is -0.256. The second kappa shape index (κ2) is 22.1. The van der Waals surface area contributed by atoms with Gasteiger partial charge in [-0.3, -0.25) is 10.2 Å². The van der Waals surface area contributed by atoms with Crippen LogP contribution in [0.15, 0.2) is 90.1 Å². The molecule has 6 atom stereocenters. The quantitative estimate of drug-likeness (QED) is 0.0532. The SMILES string of the molecule is C=CCO[C@@]12Oc3ccc(OC(=O)Nc4ccc(OC)cc4OC)cc3[C@H]3[C@H](CCCCO)[C@@H](CCCCO)C=C(C(=NOCC)C[C@@H]1N(Cc1ccc(F)cc1)C(=O)OCC)[C@H]32. The molecule has 0 unspecified atom stereocenters. The van der Waals surface area contributed by atoms with Crippen molar-refractivity contribution in [3.8, 4) is 23.0 Å². The highest BCUT2D eigenvalue weighted by molar-refractivity contribution is 6.03. The number of hydrogen-bond donors (Lipinski definition) is 3. The molecule has 0 saturated heterocycles. The number of aliphatic hydroxyl groups is 2. The van der Waals surface area contributed by atoms with Crippen LogP contribution in [0, 0.1) is 23.6 Å². The number of aliphatic hydroxyl groups excluding tert-OH is 2. The van der Waals surface area contributed by atoms with E-state index in [1.54, 1.807) is 60.4 Å². The van der Waals surface area contributed by atoms with E-state index in [0.717, 1.165) is 24.0 Å². The van der Waals surface area contributed by atoms with Gasteiger partial charge < -0.3 is 43.5 Å². The highest BCUT2D eigenvalue weighted by Gasteiger charge is 2.65. The van der Waals surface area contributed by atoms with Crippen LogP contribution in [0.4, 0.5) is 19.7 Å². The van der Waals surface area contributed by atoms with E-state index >= 15 is 0 Å². The number of carbonyl (C=O) groups excluding carboxylic acids is 2. The van der Waals surface area contributed by atoms with Gasteiger partial charge in [0.2, 0.25) is 5.79 Å². The zero-order valence-electron chi connectivity index (χ0n) is 36.6. The summed E-state index contributed by atoms with van der Waals surface area (Å²) in [7, 11) is 3.03. The molecule has 6 rings (SSSR count). The molecule has 3 aliphatic rings. The van der Waals surface area contributed by atoms with Crippen molar-refractivity contribution in [1.29, 1.82) is 0 Å². The molecule has 15 heteroatoms. The van der Waals surface area contributed by atoms with Gasteiger partial charge >= 0.3 is 12.2 Å². The number of rotatable bonds is 21. The Balaban J connectivity index is 1.54. The fraction of sp³-hybridized carbons (Fsp3) is 0.479. The third-order valence-electron chi connectivity index (χ3n) is 11.9. The molecule has 0 aromatic heterocycles. The van der Waals surface area contributed by atoms with Crippen molar-refractivity contribution >= 4 is 23.6 Å². The summed E-state index contributed by atoms with van der Waals surface area (Å²) in [6.45, 7) is 8.10. The molecule has 340 valence electrons. The second-order valence-corrected chi connectivity index (χ2v) is 15.7. The Kier molecular flexibility index (Phi) is 16.5. The summed E-state index contributed by atoms with van der Waals surface area (Å²) >= 11 is 0. The van der Waals surface area contributed by atoms with Crippen molar-refractivity contribution in [3.05, 3.63) is 102 Å². The van der Waals surface area contributed by atoms with Crippen LogP contribution in [0.2, 0.25) is 0 Å². The molecule has 3 aromatic carbocycles. The Morgan fingerprint density at radius 2 is 1.71 bits per heavy atom. The molecule has 1 aliphatic heterocycles. The number of ether oxygens (including phenoxy) is 6. The lowest BCUT2D eigenvalue weighted by Gasteiger charge is -2.59. The molecule has 0 radical (unpaired) electrons. The average molecular weight is 874 g/mol. The molecule has 63 heavy (non-hydrogen) atoms. The Labute approximate surface area is 368 Å². The topological polar surface area (TPSA) is 167 Å². The third-order valence-corrected chi connectivity index (χ3v) is 11.9. The van der Waals surface area contributed by atoms with E-state index in [0.29, 0.717) is 66.5 Å². The lowest BCUT2D eigenvalue weighted by Crippen LogP contribution is -2.70. The normalized spacial score (nSPS) is 22.7. The number of unbranched alkanes of at least 4 members (excludes halogenated alkanes) is 2. The van der Waals surface area contributed by atoms with E-state index in [4.69, 9.17) is 38.4 Å². The molecule has 0 bridgehead atoms. The van der Waals surface area contributed by atoms with Gasteiger partial charge in [0.15, 0.2) is 0 Å². The molecule has 2 aliphatic carbocycles. The van der Waals surface area contributed by atoms with Gasteiger partial charge in [0, 0.05) is 43.7 Å². The number of carbonyl (C=O) groups is 2. The van der Waals surface area contributed by atoms with E-state index in [-0.39, 0.29) is 62.9 Å². The molecule has 1 fully saturated rings. The van der Waals surface area contributed by atoms with Gasteiger partial charge in [0.25, 0.3) is 0 Å². The van der Waals surface area contributed by atoms with Crippen molar-refractivity contribution in [1.82, 2.24) is 4.90 Å². The zero-order valence-corrected chi connectivity index (χ0v) is 36.6. The second-order valence-electron chi connectivity index (χ2n) is 15.7. The van der Waals surface area contributed by atoms with Gasteiger partial charge in [-0.05, 0) is 105 Å². The van der Waals surface area contributed by atoms with Crippen molar-refractivity contribution in [3.63, 3.8) is 0 Å². The van der Waals surface area contributed by atoms with Crippen LogP contribution >= 0.6 is 0 Å². The molecule has 14 nitrogen and oxygen atoms in total. The van der Waals surface area contributed by atoms with Crippen LogP contribution in [0.3, 0.4) is 0 Å². The predicted octanol–water partition coefficient (Wildman–Crippen LogP) is 8.77. The van der Waals surface area contributed by atoms with Gasteiger partial charge in [-0.1, -0.05) is 42.3 Å². The van der Waals surface area contributed by atoms with Gasteiger partial charge in [-0.15, -0.1) is 6.58 Å². The first-order valence-corrected chi connectivity index (χ1v) is 21.7. The molecule has 3 N–H and O–H groups in total. The molecular weight excluding hydrogens is 814 g/mol. The number of anilines is 1. The number of allylic oxidation sites excluding steroid dienone is 1. The number of nitrogens with one attached hydrogen (secondary N) is 1. The van der Waals surface area contributed by atoms with E-state index in [1.807, 2.05) is 13.0 Å². The zero-order chi connectivity index (χ0) is 44.9. The first kappa shape index (κ1) is 46.9. The van der Waals surface area contributed by atoms with Gasteiger partial charge in [0.1, 0.15) is 41.5 Å². The van der Waals surface area contributed by atoms with Crippen LogP contribution in [0.25, 0.3) is 0 Å². The summed E-state index contributed by atoms with van der Waals surface area (Å²) in [6, 6.07) is 15.3. The molecular formula is C48H60FN3O11. The fourth-order valence-corrected chi connectivity index (χ4v) is 9.29. The number of benzene rings is 3. The number of oxime groups is 1.